The Morgan fingerprint density at radius 1 is 1.32 bits per heavy atom. The molecule has 0 spiro atoms. The van der Waals surface area contributed by atoms with Gasteiger partial charge in [0.15, 0.2) is 5.13 Å². The molecule has 7 nitrogen and oxygen atoms in total. The number of nitrogens with two attached hydrogens (primary N) is 1. The van der Waals surface area contributed by atoms with Crippen LogP contribution in [0.1, 0.15) is 0 Å². The Hall–Kier alpha value is -3.21. The molecular formula is C17H14F3N5O2S. The van der Waals surface area contributed by atoms with Crippen molar-refractivity contribution in [2.75, 3.05) is 22.6 Å². The van der Waals surface area contributed by atoms with Crippen LogP contribution < -0.4 is 26.0 Å². The zero-order valence-corrected chi connectivity index (χ0v) is 15.2. The summed E-state index contributed by atoms with van der Waals surface area (Å²) in [6.07, 6.45) is -4.78. The van der Waals surface area contributed by atoms with E-state index in [4.69, 9.17) is 5.73 Å². The first-order chi connectivity index (χ1) is 13.2. The molecule has 3 aromatic rings. The van der Waals surface area contributed by atoms with Crippen LogP contribution in [-0.2, 0) is 4.79 Å². The van der Waals surface area contributed by atoms with E-state index in [1.165, 1.54) is 18.2 Å². The number of rotatable bonds is 4. The van der Waals surface area contributed by atoms with E-state index < -0.39 is 18.1 Å². The Morgan fingerprint density at radius 3 is 2.75 bits per heavy atom. The molecular weight excluding hydrogens is 395 g/mol. The summed E-state index contributed by atoms with van der Waals surface area (Å²) in [5.41, 5.74) is 7.59. The number of benzene rings is 2. The van der Waals surface area contributed by atoms with Crippen LogP contribution in [-0.4, -0.2) is 30.1 Å². The number of halogens is 3. The van der Waals surface area contributed by atoms with Crippen molar-refractivity contribution in [1.82, 2.24) is 4.98 Å². The van der Waals surface area contributed by atoms with Gasteiger partial charge >= 0.3 is 6.36 Å². The largest absolute Gasteiger partial charge is 0.573 e. The van der Waals surface area contributed by atoms with E-state index >= 15 is 0 Å². The quantitative estimate of drug-likeness (QED) is 0.612. The third-order valence-electron chi connectivity index (χ3n) is 4.32. The van der Waals surface area contributed by atoms with Crippen molar-refractivity contribution < 1.29 is 22.7 Å². The molecule has 1 unspecified atom stereocenters. The lowest BCUT2D eigenvalue weighted by atomic mass is 10.2. The second-order valence-electron chi connectivity index (χ2n) is 6.10. The monoisotopic (exact) mass is 409 g/mol. The highest BCUT2D eigenvalue weighted by molar-refractivity contribution is 7.22. The maximum absolute atomic E-state index is 12.4. The first-order valence-electron chi connectivity index (χ1n) is 8.03. The zero-order valence-electron chi connectivity index (χ0n) is 14.4. The van der Waals surface area contributed by atoms with Crippen LogP contribution in [0.25, 0.3) is 10.2 Å². The number of likely N-dealkylation sites (N-methyl/N-ethyl adjacent to an activating group) is 1. The van der Waals surface area contributed by atoms with Gasteiger partial charge in [0.1, 0.15) is 5.75 Å². The third-order valence-corrected chi connectivity index (χ3v) is 5.26. The van der Waals surface area contributed by atoms with Gasteiger partial charge in [-0.3, -0.25) is 4.79 Å². The van der Waals surface area contributed by atoms with Gasteiger partial charge in [-0.15, -0.1) is 13.2 Å². The van der Waals surface area contributed by atoms with Crippen LogP contribution in [0.3, 0.4) is 0 Å². The summed E-state index contributed by atoms with van der Waals surface area (Å²) in [5.74, 6) is -2.50. The van der Waals surface area contributed by atoms with Crippen LogP contribution in [0.5, 0.6) is 5.75 Å². The van der Waals surface area contributed by atoms with Crippen LogP contribution in [0.15, 0.2) is 42.5 Å². The Kier molecular flexibility index (Phi) is 4.00. The molecule has 2 heterocycles. The maximum Gasteiger partial charge on any atom is 0.573 e. The van der Waals surface area contributed by atoms with Gasteiger partial charge in [0.2, 0.25) is 0 Å². The Morgan fingerprint density at radius 2 is 2.07 bits per heavy atom. The number of ether oxygens (including phenoxy) is 1. The van der Waals surface area contributed by atoms with Gasteiger partial charge in [-0.1, -0.05) is 23.5 Å². The number of nitrogens with one attached hydrogen (secondary N) is 2. The number of carbonyl (C=O) groups excluding carboxylic acids is 1. The lowest BCUT2D eigenvalue weighted by molar-refractivity contribution is -0.274. The predicted octanol–water partition coefficient (Wildman–Crippen LogP) is 3.31. The van der Waals surface area contributed by atoms with Gasteiger partial charge < -0.3 is 26.0 Å². The number of amides is 1. The fraction of sp³-hybridized carbons (Fsp3) is 0.176. The van der Waals surface area contributed by atoms with Gasteiger partial charge in [-0.2, -0.15) is 0 Å². The zero-order chi connectivity index (χ0) is 20.1. The van der Waals surface area contributed by atoms with E-state index in [-0.39, 0.29) is 5.75 Å². The topological polar surface area (TPSA) is 92.5 Å². The maximum atomic E-state index is 12.4. The van der Waals surface area contributed by atoms with E-state index in [0.717, 1.165) is 17.0 Å². The highest BCUT2D eigenvalue weighted by Gasteiger charge is 2.47. The van der Waals surface area contributed by atoms with Crippen molar-refractivity contribution in [3.05, 3.63) is 42.5 Å². The molecule has 11 heteroatoms. The first kappa shape index (κ1) is 18.2. The normalized spacial score (nSPS) is 18.6. The smallest absolute Gasteiger partial charge is 0.406 e. The van der Waals surface area contributed by atoms with E-state index in [1.807, 2.05) is 18.2 Å². The molecule has 0 saturated heterocycles. The minimum Gasteiger partial charge on any atom is -0.406 e. The first-order valence-corrected chi connectivity index (χ1v) is 8.85. The summed E-state index contributed by atoms with van der Waals surface area (Å²) >= 11 is 1.08. The SMILES string of the molecule is CN1c2ccccc2NC1(Nc1nc2ccc(OC(F)(F)F)cc2s1)C(N)=O. The van der Waals surface area contributed by atoms with Crippen LogP contribution >= 0.6 is 11.3 Å². The molecule has 0 radical (unpaired) electrons. The van der Waals surface area contributed by atoms with Crippen molar-refractivity contribution >= 4 is 44.0 Å². The lowest BCUT2D eigenvalue weighted by Crippen LogP contribution is -2.64. The molecule has 0 bridgehead atoms. The lowest BCUT2D eigenvalue weighted by Gasteiger charge is -2.34. The number of aromatic nitrogens is 1. The molecule has 4 rings (SSSR count). The van der Waals surface area contributed by atoms with Crippen LogP contribution in [0.2, 0.25) is 0 Å². The molecule has 1 aliphatic rings. The molecule has 0 aliphatic carbocycles. The number of fused-ring (bicyclic) bond motifs is 2. The van der Waals surface area contributed by atoms with E-state index in [1.54, 1.807) is 18.0 Å². The van der Waals surface area contributed by atoms with Crippen molar-refractivity contribution in [2.45, 2.75) is 12.1 Å². The fourth-order valence-electron chi connectivity index (χ4n) is 3.05. The molecule has 1 aromatic heterocycles. The third kappa shape index (κ3) is 3.03. The standard InChI is InChI=1S/C17H14F3N5O2S/c1-25-12-5-3-2-4-10(12)23-16(25,14(21)26)24-15-22-11-7-6-9(8-13(11)28-15)27-17(18,19)20/h2-8,23H,1H3,(H2,21,26)(H,22,24). The second kappa shape index (κ2) is 6.16. The molecule has 1 aliphatic heterocycles. The summed E-state index contributed by atoms with van der Waals surface area (Å²) in [4.78, 5) is 18.3. The van der Waals surface area contributed by atoms with Gasteiger partial charge in [0.05, 0.1) is 21.6 Å². The number of alkyl halides is 3. The number of primary amides is 1. The summed E-state index contributed by atoms with van der Waals surface area (Å²) in [6.45, 7) is 0. The molecule has 146 valence electrons. The average molecular weight is 409 g/mol. The van der Waals surface area contributed by atoms with Crippen molar-refractivity contribution in [1.29, 1.82) is 0 Å². The predicted molar refractivity (Wildman–Crippen MR) is 100 cm³/mol. The van der Waals surface area contributed by atoms with Crippen molar-refractivity contribution in [3.8, 4) is 5.75 Å². The van der Waals surface area contributed by atoms with E-state index in [9.17, 15) is 18.0 Å². The highest BCUT2D eigenvalue weighted by atomic mass is 32.1. The van der Waals surface area contributed by atoms with Crippen molar-refractivity contribution in [3.63, 3.8) is 0 Å². The molecule has 4 N–H and O–H groups in total. The number of carbonyl (C=O) groups is 1. The summed E-state index contributed by atoms with van der Waals surface area (Å²) in [5, 5.41) is 6.37. The van der Waals surface area contributed by atoms with E-state index in [0.29, 0.717) is 21.0 Å². The molecule has 0 saturated carbocycles. The number of para-hydroxylation sites is 2. The number of hydrogen-bond acceptors (Lipinski definition) is 7. The number of thiazole rings is 1. The Labute approximate surface area is 160 Å². The van der Waals surface area contributed by atoms with Crippen molar-refractivity contribution in [2.24, 2.45) is 5.73 Å². The summed E-state index contributed by atoms with van der Waals surface area (Å²) in [7, 11) is 1.69. The molecule has 28 heavy (non-hydrogen) atoms. The fourth-order valence-corrected chi connectivity index (χ4v) is 3.99. The second-order valence-corrected chi connectivity index (χ2v) is 7.13. The van der Waals surface area contributed by atoms with Crippen LogP contribution in [0.4, 0.5) is 29.7 Å². The number of nitrogens with zero attached hydrogens (tertiary/aromatic N) is 2. The van der Waals surface area contributed by atoms with Gasteiger partial charge in [-0.25, -0.2) is 4.98 Å². The van der Waals surface area contributed by atoms with Crippen LogP contribution in [0, 0.1) is 0 Å². The molecule has 0 fully saturated rings. The molecule has 2 aromatic carbocycles. The average Bonchev–Trinajstić information content (AvgIpc) is 3.13. The minimum absolute atomic E-state index is 0.310. The Bertz CT molecular complexity index is 1070. The highest BCUT2D eigenvalue weighted by Crippen LogP contribution is 2.40. The molecule has 1 atom stereocenters. The number of hydrogen-bond donors (Lipinski definition) is 3. The van der Waals surface area contributed by atoms with E-state index in [2.05, 4.69) is 20.4 Å². The summed E-state index contributed by atoms with van der Waals surface area (Å²) < 4.78 is 41.6. The Balaban J connectivity index is 1.67. The number of anilines is 3. The van der Waals surface area contributed by atoms with Gasteiger partial charge in [0, 0.05) is 13.1 Å². The van der Waals surface area contributed by atoms with Gasteiger partial charge in [-0.05, 0) is 24.3 Å². The molecule has 1 amide bonds. The summed E-state index contributed by atoms with van der Waals surface area (Å²) in [6, 6.07) is 11.1. The minimum atomic E-state index is -4.78. The van der Waals surface area contributed by atoms with Gasteiger partial charge in [0.25, 0.3) is 11.7 Å².